The highest BCUT2D eigenvalue weighted by atomic mass is 19.1. The van der Waals surface area contributed by atoms with E-state index < -0.39 is 11.2 Å². The number of anilines is 1. The first-order valence-corrected chi connectivity index (χ1v) is 9.69. The third-order valence-electron chi connectivity index (χ3n) is 5.44. The summed E-state index contributed by atoms with van der Waals surface area (Å²) in [5.74, 6) is -0.260. The molecule has 0 radical (unpaired) electrons. The van der Waals surface area contributed by atoms with Crippen molar-refractivity contribution in [3.8, 4) is 0 Å². The molecule has 1 aliphatic heterocycles. The van der Waals surface area contributed by atoms with E-state index in [0.717, 1.165) is 39.0 Å². The van der Waals surface area contributed by atoms with E-state index in [-0.39, 0.29) is 16.9 Å². The molecular formula is C20H25FN4O2. The first-order valence-electron chi connectivity index (χ1n) is 9.69. The summed E-state index contributed by atoms with van der Waals surface area (Å²) in [7, 11) is 0. The standard InChI is InChI=1S/C20H25FN4O2/c1-2-24-12-15(20(27)23-11-13-3-4-13)19(26)14-9-16(21)18(10-17(14)24)25-7-5-22-6-8-25/h9-10,12-13,22H,2-8,11H2,1H3,(H,23,27). The van der Waals surface area contributed by atoms with Crippen LogP contribution in [0.15, 0.2) is 23.1 Å². The molecule has 1 saturated heterocycles. The molecule has 0 bridgehead atoms. The quantitative estimate of drug-likeness (QED) is 0.839. The molecule has 1 aromatic carbocycles. The minimum Gasteiger partial charge on any atom is -0.367 e. The molecule has 2 fully saturated rings. The molecule has 2 aromatic rings. The van der Waals surface area contributed by atoms with Gasteiger partial charge >= 0.3 is 0 Å². The maximum Gasteiger partial charge on any atom is 0.256 e. The second-order valence-electron chi connectivity index (χ2n) is 7.37. The number of fused-ring (bicyclic) bond motifs is 1. The highest BCUT2D eigenvalue weighted by molar-refractivity contribution is 5.97. The summed E-state index contributed by atoms with van der Waals surface area (Å²) < 4.78 is 16.7. The van der Waals surface area contributed by atoms with Crippen molar-refractivity contribution in [2.24, 2.45) is 5.92 Å². The van der Waals surface area contributed by atoms with Gasteiger partial charge in [0.05, 0.1) is 11.2 Å². The molecule has 0 atom stereocenters. The number of aromatic nitrogens is 1. The maximum absolute atomic E-state index is 14.8. The topological polar surface area (TPSA) is 66.4 Å². The van der Waals surface area contributed by atoms with Gasteiger partial charge in [-0.15, -0.1) is 0 Å². The molecule has 0 spiro atoms. The molecule has 1 aliphatic carbocycles. The average molecular weight is 372 g/mol. The summed E-state index contributed by atoms with van der Waals surface area (Å²) in [6.45, 7) is 6.19. The molecule has 7 heteroatoms. The van der Waals surface area contributed by atoms with E-state index in [9.17, 15) is 14.0 Å². The lowest BCUT2D eigenvalue weighted by Crippen LogP contribution is -2.44. The highest BCUT2D eigenvalue weighted by Crippen LogP contribution is 2.28. The Morgan fingerprint density at radius 3 is 2.70 bits per heavy atom. The summed E-state index contributed by atoms with van der Waals surface area (Å²) in [6.07, 6.45) is 3.85. The van der Waals surface area contributed by atoms with Gasteiger partial charge in [-0.1, -0.05) is 0 Å². The van der Waals surface area contributed by atoms with Crippen LogP contribution in [0.1, 0.15) is 30.1 Å². The lowest BCUT2D eigenvalue weighted by Gasteiger charge is -2.30. The summed E-state index contributed by atoms with van der Waals surface area (Å²) in [4.78, 5) is 27.3. The van der Waals surface area contributed by atoms with Gasteiger partial charge < -0.3 is 20.1 Å². The summed E-state index contributed by atoms with van der Waals surface area (Å²) in [5.41, 5.74) is 0.848. The Hall–Kier alpha value is -2.41. The van der Waals surface area contributed by atoms with Crippen LogP contribution >= 0.6 is 0 Å². The lowest BCUT2D eigenvalue weighted by molar-refractivity contribution is 0.0950. The van der Waals surface area contributed by atoms with E-state index in [2.05, 4.69) is 10.6 Å². The first kappa shape index (κ1) is 18.0. The molecule has 1 aromatic heterocycles. The Bertz CT molecular complexity index is 930. The van der Waals surface area contributed by atoms with Crippen molar-refractivity contribution in [3.63, 3.8) is 0 Å². The second-order valence-corrected chi connectivity index (χ2v) is 7.37. The summed E-state index contributed by atoms with van der Waals surface area (Å²) >= 11 is 0. The Balaban J connectivity index is 1.76. The Morgan fingerprint density at radius 1 is 1.30 bits per heavy atom. The van der Waals surface area contributed by atoms with E-state index >= 15 is 0 Å². The molecule has 1 saturated carbocycles. The largest absolute Gasteiger partial charge is 0.367 e. The maximum atomic E-state index is 14.8. The molecular weight excluding hydrogens is 347 g/mol. The molecule has 6 nitrogen and oxygen atoms in total. The number of benzene rings is 1. The van der Waals surface area contributed by atoms with Crippen LogP contribution in [0, 0.1) is 11.7 Å². The number of piperazine rings is 1. The second kappa shape index (κ2) is 7.31. The number of hydrogen-bond acceptors (Lipinski definition) is 4. The smallest absolute Gasteiger partial charge is 0.256 e. The van der Waals surface area contributed by atoms with Crippen molar-refractivity contribution < 1.29 is 9.18 Å². The monoisotopic (exact) mass is 372 g/mol. The third kappa shape index (κ3) is 3.56. The number of carbonyl (C=O) groups excluding carboxylic acids is 1. The predicted octanol–water partition coefficient (Wildman–Crippen LogP) is 1.71. The van der Waals surface area contributed by atoms with Crippen molar-refractivity contribution >= 4 is 22.5 Å². The van der Waals surface area contributed by atoms with Crippen LogP contribution in [-0.4, -0.2) is 43.2 Å². The van der Waals surface area contributed by atoms with Gasteiger partial charge in [0.15, 0.2) is 0 Å². The van der Waals surface area contributed by atoms with Crippen molar-refractivity contribution in [3.05, 3.63) is 39.9 Å². The fourth-order valence-electron chi connectivity index (χ4n) is 3.63. The Labute approximate surface area is 157 Å². The normalized spacial score (nSPS) is 17.3. The van der Waals surface area contributed by atoms with Gasteiger partial charge in [-0.2, -0.15) is 0 Å². The number of hydrogen-bond donors (Lipinski definition) is 2. The predicted molar refractivity (Wildman–Crippen MR) is 104 cm³/mol. The molecule has 27 heavy (non-hydrogen) atoms. The van der Waals surface area contributed by atoms with Crippen LogP contribution < -0.4 is 21.0 Å². The fraction of sp³-hybridized carbons (Fsp3) is 0.500. The van der Waals surface area contributed by atoms with Crippen LogP contribution in [0.25, 0.3) is 10.9 Å². The average Bonchev–Trinajstić information content (AvgIpc) is 3.51. The minimum atomic E-state index is -0.417. The number of amides is 1. The molecule has 2 heterocycles. The summed E-state index contributed by atoms with van der Waals surface area (Å²) in [6, 6.07) is 3.03. The number of aryl methyl sites for hydroxylation is 1. The van der Waals surface area contributed by atoms with Crippen LogP contribution in [0.3, 0.4) is 0 Å². The number of nitrogens with zero attached hydrogens (tertiary/aromatic N) is 2. The SMILES string of the molecule is CCn1cc(C(=O)NCC2CC2)c(=O)c2cc(F)c(N3CCNCC3)cc21. The van der Waals surface area contributed by atoms with Crippen LogP contribution in [0.5, 0.6) is 0 Å². The Morgan fingerprint density at radius 2 is 2.04 bits per heavy atom. The van der Waals surface area contributed by atoms with Crippen molar-refractivity contribution in [2.75, 3.05) is 37.6 Å². The van der Waals surface area contributed by atoms with Gasteiger partial charge in [0.2, 0.25) is 5.43 Å². The number of nitrogens with one attached hydrogen (secondary N) is 2. The lowest BCUT2D eigenvalue weighted by atomic mass is 10.1. The number of carbonyl (C=O) groups is 1. The zero-order chi connectivity index (χ0) is 19.0. The molecule has 0 unspecified atom stereocenters. The van der Waals surface area contributed by atoms with Gasteiger partial charge in [0.1, 0.15) is 11.4 Å². The van der Waals surface area contributed by atoms with Crippen molar-refractivity contribution in [1.82, 2.24) is 15.2 Å². The van der Waals surface area contributed by atoms with E-state index in [1.54, 1.807) is 12.3 Å². The third-order valence-corrected chi connectivity index (χ3v) is 5.44. The molecule has 2 N–H and O–H groups in total. The first-order chi connectivity index (χ1) is 13.1. The number of halogens is 1. The van der Waals surface area contributed by atoms with Crippen molar-refractivity contribution in [1.29, 1.82) is 0 Å². The molecule has 1 amide bonds. The van der Waals surface area contributed by atoms with E-state index in [1.807, 2.05) is 16.4 Å². The van der Waals surface area contributed by atoms with E-state index in [0.29, 0.717) is 30.2 Å². The van der Waals surface area contributed by atoms with E-state index in [4.69, 9.17) is 0 Å². The van der Waals surface area contributed by atoms with Crippen LogP contribution in [-0.2, 0) is 6.54 Å². The highest BCUT2D eigenvalue weighted by Gasteiger charge is 2.24. The molecule has 2 aliphatic rings. The number of rotatable bonds is 5. The van der Waals surface area contributed by atoms with Gasteiger partial charge in [0.25, 0.3) is 5.91 Å². The summed E-state index contributed by atoms with van der Waals surface area (Å²) in [5, 5.41) is 6.34. The fourth-order valence-corrected chi connectivity index (χ4v) is 3.63. The zero-order valence-electron chi connectivity index (χ0n) is 15.6. The Kier molecular flexibility index (Phi) is 4.86. The van der Waals surface area contributed by atoms with Crippen LogP contribution in [0.2, 0.25) is 0 Å². The zero-order valence-corrected chi connectivity index (χ0v) is 15.6. The molecule has 4 rings (SSSR count). The van der Waals surface area contributed by atoms with Crippen LogP contribution in [0.4, 0.5) is 10.1 Å². The number of pyridine rings is 1. The molecule has 144 valence electrons. The van der Waals surface area contributed by atoms with E-state index in [1.165, 1.54) is 6.07 Å². The van der Waals surface area contributed by atoms with Gasteiger partial charge in [0, 0.05) is 50.9 Å². The van der Waals surface area contributed by atoms with Crippen molar-refractivity contribution in [2.45, 2.75) is 26.3 Å². The van der Waals surface area contributed by atoms with Gasteiger partial charge in [-0.25, -0.2) is 4.39 Å². The van der Waals surface area contributed by atoms with Gasteiger partial charge in [-0.3, -0.25) is 9.59 Å². The van der Waals surface area contributed by atoms with Gasteiger partial charge in [-0.05, 0) is 37.8 Å². The minimum absolute atomic E-state index is 0.0827.